The Morgan fingerprint density at radius 3 is 2.23 bits per heavy atom. The number of aliphatic hydroxyl groups is 1. The van der Waals surface area contributed by atoms with Crippen molar-refractivity contribution >= 4 is 45.4 Å². The molecule has 4 atom stereocenters. The fourth-order valence-electron chi connectivity index (χ4n) is 6.47. The minimum Gasteiger partial charge on any atom is -0.391 e. The molecule has 0 fully saturated rings. The fourth-order valence-corrected chi connectivity index (χ4v) is 6.47. The maximum atomic E-state index is 13.7. The number of primary amides is 1. The Bertz CT molecular complexity index is 2320. The second kappa shape index (κ2) is 17.3. The number of benzene rings is 4. The number of nitrogens with one attached hydrogen (secondary N) is 4. The molecule has 6 aromatic rings. The van der Waals surface area contributed by atoms with Gasteiger partial charge >= 0.3 is 6.18 Å². The second-order valence-electron chi connectivity index (χ2n) is 13.4. The van der Waals surface area contributed by atoms with E-state index in [1.165, 1.54) is 18.2 Å². The number of para-hydroxylation sites is 2. The normalized spacial score (nSPS) is 13.7. The Labute approximate surface area is 319 Å². The van der Waals surface area contributed by atoms with E-state index in [1.54, 1.807) is 66.7 Å². The van der Waals surface area contributed by atoms with Crippen molar-refractivity contribution in [2.24, 2.45) is 5.73 Å². The first-order chi connectivity index (χ1) is 26.8. The molecule has 0 aliphatic carbocycles. The summed E-state index contributed by atoms with van der Waals surface area (Å²) in [4.78, 5) is 60.0. The highest BCUT2D eigenvalue weighted by molar-refractivity contribution is 5.99. The number of fused-ring (bicyclic) bond motifs is 2. The van der Waals surface area contributed by atoms with Crippen LogP contribution in [0, 0.1) is 0 Å². The van der Waals surface area contributed by atoms with Crippen molar-refractivity contribution in [1.29, 1.82) is 0 Å². The van der Waals surface area contributed by atoms with Gasteiger partial charge in [-0.15, -0.1) is 0 Å². The van der Waals surface area contributed by atoms with E-state index in [4.69, 9.17) is 5.73 Å². The van der Waals surface area contributed by atoms with Crippen molar-refractivity contribution in [3.8, 4) is 0 Å². The standard InChI is InChI=1S/C42H39F3N6O5/c43-42(44,45)29-14-8-13-28(22-29)39(34-23-27-12-5-7-16-31(27)48-34)51-38(54)20-19-36(52)33(21-25-9-2-1-3-10-25)49-41(56)35(24-37(46)53)50-40(55)32-18-17-26-11-4-6-15-30(26)47-32/h1-18,22-23,33,35-36,39,48,52H,19-21,24H2,(H2,46,53)(H,49,56)(H,50,55)(H,51,54)/t33-,35-,36-,39?/m0/s1. The summed E-state index contributed by atoms with van der Waals surface area (Å²) in [5.74, 6) is -2.96. The molecule has 2 heterocycles. The zero-order valence-corrected chi connectivity index (χ0v) is 29.9. The topological polar surface area (TPSA) is 179 Å². The summed E-state index contributed by atoms with van der Waals surface area (Å²) in [6.45, 7) is 0. The highest BCUT2D eigenvalue weighted by atomic mass is 19.4. The van der Waals surface area contributed by atoms with E-state index in [1.807, 2.05) is 24.3 Å². The summed E-state index contributed by atoms with van der Waals surface area (Å²) in [5.41, 5.74) is 7.24. The number of nitrogens with zero attached hydrogens (tertiary/aromatic N) is 1. The average molecular weight is 765 g/mol. The number of pyridine rings is 1. The van der Waals surface area contributed by atoms with Crippen LogP contribution in [0.4, 0.5) is 13.2 Å². The van der Waals surface area contributed by atoms with Crippen LogP contribution in [0.5, 0.6) is 0 Å². The minimum absolute atomic E-state index is 0.00809. The number of carbonyl (C=O) groups excluding carboxylic acids is 4. The van der Waals surface area contributed by atoms with Crippen LogP contribution < -0.4 is 21.7 Å². The number of hydrogen-bond donors (Lipinski definition) is 6. The van der Waals surface area contributed by atoms with Gasteiger partial charge in [0.2, 0.25) is 17.7 Å². The molecule has 0 spiro atoms. The number of H-pyrrole nitrogens is 1. The van der Waals surface area contributed by atoms with Crippen molar-refractivity contribution in [3.05, 3.63) is 149 Å². The molecule has 2 aromatic heterocycles. The quantitative estimate of drug-likeness (QED) is 0.0806. The Hall–Kier alpha value is -6.54. The number of alkyl halides is 3. The molecule has 11 nitrogen and oxygen atoms in total. The molecular formula is C42H39F3N6O5. The van der Waals surface area contributed by atoms with E-state index in [0.717, 1.165) is 34.0 Å². The van der Waals surface area contributed by atoms with Gasteiger partial charge in [-0.05, 0) is 65.8 Å². The SMILES string of the molecule is NC(=O)C[C@H](NC(=O)c1ccc2ccccc2n1)C(=O)N[C@@H](Cc1ccccc1)[C@@H](O)CCC(=O)NC(c1cccc(C(F)(F)F)c1)c1cc2ccccc2[nH]1. The lowest BCUT2D eigenvalue weighted by Gasteiger charge is -2.27. The van der Waals surface area contributed by atoms with Gasteiger partial charge in [-0.3, -0.25) is 19.2 Å². The summed E-state index contributed by atoms with van der Waals surface area (Å²) in [5, 5.41) is 21.1. The first-order valence-corrected chi connectivity index (χ1v) is 17.9. The highest BCUT2D eigenvalue weighted by Gasteiger charge is 2.32. The van der Waals surface area contributed by atoms with Gasteiger partial charge in [-0.25, -0.2) is 4.98 Å². The van der Waals surface area contributed by atoms with E-state index in [0.29, 0.717) is 11.2 Å². The van der Waals surface area contributed by atoms with Crippen LogP contribution in [0.3, 0.4) is 0 Å². The predicted octanol–water partition coefficient (Wildman–Crippen LogP) is 5.48. The Kier molecular flexibility index (Phi) is 12.1. The molecule has 0 bridgehead atoms. The van der Waals surface area contributed by atoms with Gasteiger partial charge in [0.15, 0.2) is 0 Å². The maximum Gasteiger partial charge on any atom is 0.416 e. The van der Waals surface area contributed by atoms with Crippen LogP contribution in [-0.4, -0.2) is 56.9 Å². The molecule has 288 valence electrons. The molecular weight excluding hydrogens is 725 g/mol. The van der Waals surface area contributed by atoms with Crippen LogP contribution in [0.1, 0.15) is 58.2 Å². The molecule has 7 N–H and O–H groups in total. The van der Waals surface area contributed by atoms with Gasteiger partial charge < -0.3 is 31.8 Å². The van der Waals surface area contributed by atoms with Crippen LogP contribution in [0.2, 0.25) is 0 Å². The third kappa shape index (κ3) is 9.95. The molecule has 6 rings (SSSR count). The molecule has 56 heavy (non-hydrogen) atoms. The van der Waals surface area contributed by atoms with Gasteiger partial charge in [0.25, 0.3) is 5.91 Å². The Morgan fingerprint density at radius 1 is 0.786 bits per heavy atom. The zero-order chi connectivity index (χ0) is 39.8. The molecule has 0 aliphatic rings. The van der Waals surface area contributed by atoms with Gasteiger partial charge in [0.1, 0.15) is 11.7 Å². The molecule has 0 saturated heterocycles. The smallest absolute Gasteiger partial charge is 0.391 e. The number of halogens is 3. The molecule has 4 amide bonds. The molecule has 1 unspecified atom stereocenters. The van der Waals surface area contributed by atoms with Gasteiger partial charge in [0, 0.05) is 23.0 Å². The summed E-state index contributed by atoms with van der Waals surface area (Å²) >= 11 is 0. The van der Waals surface area contributed by atoms with Crippen molar-refractivity contribution in [3.63, 3.8) is 0 Å². The number of rotatable bonds is 15. The fraction of sp³-hybridized carbons (Fsp3) is 0.214. The number of amides is 4. The number of carbonyl (C=O) groups is 4. The van der Waals surface area contributed by atoms with Crippen LogP contribution in [0.25, 0.3) is 21.8 Å². The summed E-state index contributed by atoms with van der Waals surface area (Å²) < 4.78 is 41.1. The molecule has 14 heteroatoms. The maximum absolute atomic E-state index is 13.7. The Morgan fingerprint density at radius 2 is 1.50 bits per heavy atom. The van der Waals surface area contributed by atoms with E-state index in [-0.39, 0.29) is 30.5 Å². The Balaban J connectivity index is 1.18. The molecule has 0 radical (unpaired) electrons. The second-order valence-corrected chi connectivity index (χ2v) is 13.4. The zero-order valence-electron chi connectivity index (χ0n) is 29.9. The highest BCUT2D eigenvalue weighted by Crippen LogP contribution is 2.33. The summed E-state index contributed by atoms with van der Waals surface area (Å²) in [7, 11) is 0. The van der Waals surface area contributed by atoms with Gasteiger partial charge in [0.05, 0.1) is 35.7 Å². The molecule has 0 aliphatic heterocycles. The van der Waals surface area contributed by atoms with Gasteiger partial charge in [-0.1, -0.05) is 84.9 Å². The van der Waals surface area contributed by atoms with Crippen LogP contribution in [0.15, 0.2) is 121 Å². The monoisotopic (exact) mass is 764 g/mol. The van der Waals surface area contributed by atoms with Crippen LogP contribution in [-0.2, 0) is 27.0 Å². The minimum atomic E-state index is -4.61. The lowest BCUT2D eigenvalue weighted by Crippen LogP contribution is -2.54. The van der Waals surface area contributed by atoms with E-state index >= 15 is 0 Å². The van der Waals surface area contributed by atoms with Crippen molar-refractivity contribution < 1.29 is 37.5 Å². The first-order valence-electron chi connectivity index (χ1n) is 17.9. The predicted molar refractivity (Wildman–Crippen MR) is 204 cm³/mol. The van der Waals surface area contributed by atoms with Gasteiger partial charge in [-0.2, -0.15) is 13.2 Å². The number of hydrogen-bond acceptors (Lipinski definition) is 6. The van der Waals surface area contributed by atoms with E-state index < -0.39 is 66.0 Å². The first kappa shape index (κ1) is 39.2. The largest absolute Gasteiger partial charge is 0.416 e. The lowest BCUT2D eigenvalue weighted by atomic mass is 9.96. The lowest BCUT2D eigenvalue weighted by molar-refractivity contribution is -0.137. The third-order valence-corrected chi connectivity index (χ3v) is 9.33. The number of nitrogens with two attached hydrogens (primary N) is 1. The molecule has 4 aromatic carbocycles. The van der Waals surface area contributed by atoms with E-state index in [2.05, 4.69) is 25.9 Å². The summed E-state index contributed by atoms with van der Waals surface area (Å²) in [6, 6.07) is 29.5. The number of aliphatic hydroxyl groups excluding tert-OH is 1. The third-order valence-electron chi connectivity index (χ3n) is 9.33. The van der Waals surface area contributed by atoms with E-state index in [9.17, 15) is 37.5 Å². The average Bonchev–Trinajstić information content (AvgIpc) is 3.62. The summed E-state index contributed by atoms with van der Waals surface area (Å²) in [6.07, 6.45) is -6.81. The van der Waals surface area contributed by atoms with Crippen molar-refractivity contribution in [2.75, 3.05) is 0 Å². The molecule has 0 saturated carbocycles. The van der Waals surface area contributed by atoms with Crippen molar-refractivity contribution in [1.82, 2.24) is 25.9 Å². The van der Waals surface area contributed by atoms with Crippen molar-refractivity contribution in [2.45, 2.75) is 56.1 Å². The van der Waals surface area contributed by atoms with Crippen LogP contribution >= 0.6 is 0 Å². The number of aromatic amines is 1. The number of aromatic nitrogens is 2.